The molecule has 2 saturated heterocycles. The normalized spacial score (nSPS) is 44.8. The third-order valence-corrected chi connectivity index (χ3v) is 3.69. The highest BCUT2D eigenvalue weighted by molar-refractivity contribution is 5.05. The highest BCUT2D eigenvalue weighted by atomic mass is 16.3. The summed E-state index contributed by atoms with van der Waals surface area (Å²) in [6.07, 6.45) is -0.245. The second kappa shape index (κ2) is 3.99. The highest BCUT2D eigenvalue weighted by Crippen LogP contribution is 2.27. The Kier molecular flexibility index (Phi) is 3.00. The topological polar surface area (TPSA) is 76.0 Å². The average Bonchev–Trinajstić information content (AvgIpc) is 2.83. The van der Waals surface area contributed by atoms with Crippen LogP contribution in [0.25, 0.3) is 0 Å². The Labute approximate surface area is 89.7 Å². The smallest absolute Gasteiger partial charge is 0.128 e. The standard InChI is InChI=1S/C10H20N2O3/c1-10(8(14)7(13)6-11-10)9(15)12-4-2-3-5-12/h7-9,11,13-15H,2-6H2,1H3/t7-,8+,9?,10-/m0/s1. The van der Waals surface area contributed by atoms with Gasteiger partial charge in [0.05, 0.1) is 11.6 Å². The molecule has 2 rings (SSSR count). The molecule has 0 aliphatic carbocycles. The summed E-state index contributed by atoms with van der Waals surface area (Å²) in [5.74, 6) is 0. The lowest BCUT2D eigenvalue weighted by Gasteiger charge is -2.38. The fraction of sp³-hybridized carbons (Fsp3) is 1.00. The molecule has 0 radical (unpaired) electrons. The predicted octanol–water partition coefficient (Wildman–Crippen LogP) is -1.52. The third-order valence-electron chi connectivity index (χ3n) is 3.69. The number of likely N-dealkylation sites (tertiary alicyclic amines) is 1. The molecule has 4 N–H and O–H groups in total. The summed E-state index contributed by atoms with van der Waals surface area (Å²) in [6, 6.07) is 0. The van der Waals surface area contributed by atoms with Crippen LogP contribution in [0.1, 0.15) is 19.8 Å². The number of aliphatic hydroxyl groups excluding tert-OH is 3. The first kappa shape index (κ1) is 11.3. The quantitative estimate of drug-likeness (QED) is 0.451. The molecule has 1 unspecified atom stereocenters. The molecule has 5 nitrogen and oxygen atoms in total. The van der Waals surface area contributed by atoms with Gasteiger partial charge in [-0.15, -0.1) is 0 Å². The van der Waals surface area contributed by atoms with E-state index in [4.69, 9.17) is 0 Å². The number of hydrogen-bond donors (Lipinski definition) is 4. The Hall–Kier alpha value is -0.200. The van der Waals surface area contributed by atoms with Crippen LogP contribution in [0.4, 0.5) is 0 Å². The molecule has 0 saturated carbocycles. The maximum Gasteiger partial charge on any atom is 0.128 e. The minimum Gasteiger partial charge on any atom is -0.389 e. The molecule has 5 heteroatoms. The van der Waals surface area contributed by atoms with Crippen LogP contribution in [0.15, 0.2) is 0 Å². The minimum atomic E-state index is -0.909. The SMILES string of the molecule is C[C@]1(C(O)N2CCCC2)NC[C@H](O)[C@H]1O. The Morgan fingerprint density at radius 1 is 1.33 bits per heavy atom. The molecule has 0 aromatic carbocycles. The molecular weight excluding hydrogens is 196 g/mol. The fourth-order valence-electron chi connectivity index (χ4n) is 2.55. The van der Waals surface area contributed by atoms with Crippen LogP contribution in [0.5, 0.6) is 0 Å². The van der Waals surface area contributed by atoms with E-state index >= 15 is 0 Å². The molecule has 15 heavy (non-hydrogen) atoms. The van der Waals surface area contributed by atoms with Crippen LogP contribution in [0, 0.1) is 0 Å². The molecule has 0 aromatic heterocycles. The van der Waals surface area contributed by atoms with Gasteiger partial charge in [0, 0.05) is 19.6 Å². The lowest BCUT2D eigenvalue weighted by molar-refractivity contribution is -0.0950. The third kappa shape index (κ3) is 1.79. The van der Waals surface area contributed by atoms with Gasteiger partial charge >= 0.3 is 0 Å². The largest absolute Gasteiger partial charge is 0.389 e. The summed E-state index contributed by atoms with van der Waals surface area (Å²) >= 11 is 0. The number of nitrogens with one attached hydrogen (secondary N) is 1. The van der Waals surface area contributed by atoms with Crippen molar-refractivity contribution in [3.8, 4) is 0 Å². The lowest BCUT2D eigenvalue weighted by atomic mass is 9.93. The van der Waals surface area contributed by atoms with Crippen molar-refractivity contribution in [3.05, 3.63) is 0 Å². The number of hydrogen-bond acceptors (Lipinski definition) is 5. The molecular formula is C10H20N2O3. The van der Waals surface area contributed by atoms with E-state index in [0.29, 0.717) is 6.54 Å². The first-order chi connectivity index (χ1) is 7.05. The number of aliphatic hydroxyl groups is 3. The number of rotatable bonds is 2. The van der Waals surface area contributed by atoms with Crippen molar-refractivity contribution in [1.29, 1.82) is 0 Å². The van der Waals surface area contributed by atoms with Gasteiger partial charge in [0.25, 0.3) is 0 Å². The highest BCUT2D eigenvalue weighted by Gasteiger charge is 2.50. The summed E-state index contributed by atoms with van der Waals surface area (Å²) in [5, 5.41) is 32.5. The van der Waals surface area contributed by atoms with Crippen molar-refractivity contribution in [3.63, 3.8) is 0 Å². The molecule has 2 fully saturated rings. The first-order valence-corrected chi connectivity index (χ1v) is 5.59. The molecule has 0 aromatic rings. The predicted molar refractivity (Wildman–Crippen MR) is 55.2 cm³/mol. The maximum atomic E-state index is 10.2. The van der Waals surface area contributed by atoms with Crippen LogP contribution in [0.3, 0.4) is 0 Å². The van der Waals surface area contributed by atoms with Crippen LogP contribution in [-0.2, 0) is 0 Å². The van der Waals surface area contributed by atoms with Gasteiger partial charge in [-0.3, -0.25) is 4.90 Å². The van der Waals surface area contributed by atoms with Crippen molar-refractivity contribution >= 4 is 0 Å². The maximum absolute atomic E-state index is 10.2. The molecule has 2 aliphatic rings. The Morgan fingerprint density at radius 3 is 2.40 bits per heavy atom. The van der Waals surface area contributed by atoms with E-state index in [-0.39, 0.29) is 0 Å². The van der Waals surface area contributed by atoms with E-state index in [1.165, 1.54) is 0 Å². The van der Waals surface area contributed by atoms with Crippen molar-refractivity contribution in [1.82, 2.24) is 10.2 Å². The zero-order valence-corrected chi connectivity index (χ0v) is 9.06. The van der Waals surface area contributed by atoms with Gasteiger partial charge in [0.2, 0.25) is 0 Å². The van der Waals surface area contributed by atoms with E-state index in [0.717, 1.165) is 25.9 Å². The van der Waals surface area contributed by atoms with E-state index in [9.17, 15) is 15.3 Å². The van der Waals surface area contributed by atoms with Gasteiger partial charge in [-0.25, -0.2) is 0 Å². The molecule has 0 amide bonds. The number of β-amino-alcohol motifs (C(OH)–C–C–N with tert-alkyl or cyclic N) is 1. The van der Waals surface area contributed by atoms with E-state index in [1.54, 1.807) is 6.92 Å². The monoisotopic (exact) mass is 216 g/mol. The zero-order chi connectivity index (χ0) is 11.1. The molecule has 4 atom stereocenters. The summed E-state index contributed by atoms with van der Waals surface area (Å²) < 4.78 is 0. The molecule has 88 valence electrons. The van der Waals surface area contributed by atoms with Gasteiger partial charge in [-0.2, -0.15) is 0 Å². The first-order valence-electron chi connectivity index (χ1n) is 5.59. The summed E-state index contributed by atoms with van der Waals surface area (Å²) in [6.45, 7) is 3.82. The molecule has 0 bridgehead atoms. The summed E-state index contributed by atoms with van der Waals surface area (Å²) in [4.78, 5) is 1.95. The van der Waals surface area contributed by atoms with E-state index < -0.39 is 24.0 Å². The van der Waals surface area contributed by atoms with Gasteiger partial charge in [-0.1, -0.05) is 0 Å². The van der Waals surface area contributed by atoms with Crippen molar-refractivity contribution in [2.75, 3.05) is 19.6 Å². The van der Waals surface area contributed by atoms with Crippen LogP contribution in [0.2, 0.25) is 0 Å². The van der Waals surface area contributed by atoms with Gasteiger partial charge in [-0.05, 0) is 19.8 Å². The van der Waals surface area contributed by atoms with Gasteiger partial charge < -0.3 is 20.6 Å². The second-order valence-electron chi connectivity index (χ2n) is 4.79. The summed E-state index contributed by atoms with van der Waals surface area (Å²) in [5.41, 5.74) is -0.816. The van der Waals surface area contributed by atoms with E-state index in [2.05, 4.69) is 5.32 Å². The van der Waals surface area contributed by atoms with Crippen molar-refractivity contribution in [2.24, 2.45) is 0 Å². The minimum absolute atomic E-state index is 0.336. The van der Waals surface area contributed by atoms with E-state index in [1.807, 2.05) is 4.90 Å². The lowest BCUT2D eigenvalue weighted by Crippen LogP contribution is -2.61. The van der Waals surface area contributed by atoms with Crippen LogP contribution < -0.4 is 5.32 Å². The van der Waals surface area contributed by atoms with Crippen LogP contribution >= 0.6 is 0 Å². The fourth-order valence-corrected chi connectivity index (χ4v) is 2.55. The van der Waals surface area contributed by atoms with Crippen molar-refractivity contribution in [2.45, 2.75) is 43.7 Å². The molecule has 2 heterocycles. The van der Waals surface area contributed by atoms with Crippen molar-refractivity contribution < 1.29 is 15.3 Å². The number of nitrogens with zero attached hydrogens (tertiary/aromatic N) is 1. The zero-order valence-electron chi connectivity index (χ0n) is 9.06. The van der Waals surface area contributed by atoms with Gasteiger partial charge in [0.15, 0.2) is 0 Å². The average molecular weight is 216 g/mol. The Morgan fingerprint density at radius 2 is 1.93 bits per heavy atom. The van der Waals surface area contributed by atoms with Crippen LogP contribution in [-0.4, -0.2) is 63.8 Å². The Balaban J connectivity index is 2.07. The Bertz CT molecular complexity index is 233. The summed E-state index contributed by atoms with van der Waals surface area (Å²) in [7, 11) is 0. The molecule has 2 aliphatic heterocycles. The molecule has 0 spiro atoms. The van der Waals surface area contributed by atoms with Gasteiger partial charge in [0.1, 0.15) is 12.3 Å². The second-order valence-corrected chi connectivity index (χ2v) is 4.79.